The number of benzene rings is 4. The number of nitrogens with zero attached hydrogens (tertiary/aromatic N) is 1. The highest BCUT2D eigenvalue weighted by Gasteiger charge is 2.18. The molecule has 0 saturated carbocycles. The minimum atomic E-state index is 0.649. The van der Waals surface area contributed by atoms with E-state index in [1.54, 1.807) is 0 Å². The van der Waals surface area contributed by atoms with E-state index >= 15 is 0 Å². The molecular formula is C24H12Cl4N2. The molecule has 0 fully saturated rings. The van der Waals surface area contributed by atoms with Gasteiger partial charge in [-0.25, -0.2) is 0 Å². The third-order valence-corrected chi connectivity index (χ3v) is 6.47. The zero-order chi connectivity index (χ0) is 20.6. The molecule has 0 atom stereocenters. The summed E-state index contributed by atoms with van der Waals surface area (Å²) >= 11 is 25.5. The molecule has 4 aromatic carbocycles. The number of halogens is 4. The van der Waals surface area contributed by atoms with Crippen LogP contribution in [0.3, 0.4) is 0 Å². The van der Waals surface area contributed by atoms with Crippen LogP contribution in [0.15, 0.2) is 66.7 Å². The van der Waals surface area contributed by atoms with Gasteiger partial charge in [0.05, 0.1) is 22.2 Å². The summed E-state index contributed by atoms with van der Waals surface area (Å²) in [6, 6.07) is 21.6. The van der Waals surface area contributed by atoms with E-state index in [4.69, 9.17) is 46.4 Å². The Hall–Kier alpha value is -2.36. The molecular weight excluding hydrogens is 458 g/mol. The molecule has 0 amide bonds. The van der Waals surface area contributed by atoms with Gasteiger partial charge in [0.2, 0.25) is 0 Å². The van der Waals surface area contributed by atoms with Crippen LogP contribution >= 0.6 is 46.4 Å². The Kier molecular flexibility index (Phi) is 4.03. The molecule has 30 heavy (non-hydrogen) atoms. The van der Waals surface area contributed by atoms with Crippen molar-refractivity contribution in [2.75, 3.05) is 0 Å². The molecule has 2 aromatic heterocycles. The molecule has 6 heteroatoms. The summed E-state index contributed by atoms with van der Waals surface area (Å²) in [5.74, 6) is 0. The topological polar surface area (TPSA) is 20.7 Å². The molecule has 0 spiro atoms. The van der Waals surface area contributed by atoms with Crippen LogP contribution in [0.25, 0.3) is 49.3 Å². The zero-order valence-corrected chi connectivity index (χ0v) is 18.3. The standard InChI is InChI=1S/C24H12Cl4N2/c25-12-1-4-20-16(7-12)19-10-15(28)11-23(24(19)29-20)30-21-5-2-13(26)8-17(21)18-9-14(27)3-6-22(18)30/h1-11,29H. The average Bonchev–Trinajstić information content (AvgIpc) is 3.22. The summed E-state index contributed by atoms with van der Waals surface area (Å²) < 4.78 is 2.20. The molecule has 0 aliphatic heterocycles. The molecule has 0 unspecified atom stereocenters. The van der Waals surface area contributed by atoms with Crippen molar-refractivity contribution in [3.63, 3.8) is 0 Å². The van der Waals surface area contributed by atoms with Gasteiger partial charge in [-0.15, -0.1) is 0 Å². The number of hydrogen-bond donors (Lipinski definition) is 1. The Morgan fingerprint density at radius 2 is 1.07 bits per heavy atom. The van der Waals surface area contributed by atoms with Crippen molar-refractivity contribution >= 4 is 90.0 Å². The fourth-order valence-corrected chi connectivity index (χ4v) is 5.05. The first-order valence-corrected chi connectivity index (χ1v) is 10.8. The van der Waals surface area contributed by atoms with Gasteiger partial charge in [0, 0.05) is 47.2 Å². The number of fused-ring (bicyclic) bond motifs is 6. The van der Waals surface area contributed by atoms with Gasteiger partial charge < -0.3 is 9.55 Å². The van der Waals surface area contributed by atoms with Crippen LogP contribution in [0, 0.1) is 0 Å². The summed E-state index contributed by atoms with van der Waals surface area (Å²) in [5, 5.41) is 6.82. The van der Waals surface area contributed by atoms with E-state index in [2.05, 4.69) is 9.55 Å². The SMILES string of the molecule is Clc1ccc2[nH]c3c(-n4c5ccc(Cl)cc5c5cc(Cl)ccc54)cc(Cl)cc3c2c1. The Labute approximate surface area is 191 Å². The number of nitrogens with one attached hydrogen (secondary N) is 1. The third kappa shape index (κ3) is 2.65. The van der Waals surface area contributed by atoms with Crippen LogP contribution in [0.5, 0.6) is 0 Å². The molecule has 0 saturated heterocycles. The second-order valence-corrected chi connectivity index (χ2v) is 9.07. The summed E-state index contributed by atoms with van der Waals surface area (Å²) in [5.41, 5.74) is 4.99. The van der Waals surface area contributed by atoms with Gasteiger partial charge in [-0.2, -0.15) is 0 Å². The normalized spacial score (nSPS) is 12.0. The summed E-state index contributed by atoms with van der Waals surface area (Å²) in [6.45, 7) is 0. The van der Waals surface area contributed by atoms with Crippen molar-refractivity contribution < 1.29 is 0 Å². The molecule has 0 aliphatic rings. The lowest BCUT2D eigenvalue weighted by molar-refractivity contribution is 1.19. The maximum Gasteiger partial charge on any atom is 0.0718 e. The molecule has 6 rings (SSSR count). The number of rotatable bonds is 1. The van der Waals surface area contributed by atoms with Crippen LogP contribution in [-0.4, -0.2) is 9.55 Å². The van der Waals surface area contributed by atoms with Gasteiger partial charge in [0.1, 0.15) is 0 Å². The second-order valence-electron chi connectivity index (χ2n) is 7.32. The lowest BCUT2D eigenvalue weighted by Gasteiger charge is -2.10. The van der Waals surface area contributed by atoms with E-state index in [1.165, 1.54) is 0 Å². The lowest BCUT2D eigenvalue weighted by Crippen LogP contribution is -1.95. The largest absolute Gasteiger partial charge is 0.353 e. The van der Waals surface area contributed by atoms with Crippen LogP contribution < -0.4 is 0 Å². The number of aromatic amines is 1. The van der Waals surface area contributed by atoms with Gasteiger partial charge in [-0.3, -0.25) is 0 Å². The number of hydrogen-bond acceptors (Lipinski definition) is 0. The summed E-state index contributed by atoms with van der Waals surface area (Å²) in [7, 11) is 0. The molecule has 0 bridgehead atoms. The van der Waals surface area contributed by atoms with Crippen LogP contribution in [0.2, 0.25) is 20.1 Å². The number of H-pyrrole nitrogens is 1. The Morgan fingerprint density at radius 3 is 1.70 bits per heavy atom. The maximum atomic E-state index is 6.59. The van der Waals surface area contributed by atoms with Crippen LogP contribution in [-0.2, 0) is 0 Å². The molecule has 146 valence electrons. The lowest BCUT2D eigenvalue weighted by atomic mass is 10.1. The Bertz CT molecular complexity index is 1580. The predicted molar refractivity (Wildman–Crippen MR) is 130 cm³/mol. The van der Waals surface area contributed by atoms with Gasteiger partial charge >= 0.3 is 0 Å². The summed E-state index contributed by atoms with van der Waals surface area (Å²) in [4.78, 5) is 3.55. The molecule has 6 aromatic rings. The zero-order valence-electron chi connectivity index (χ0n) is 15.3. The van der Waals surface area contributed by atoms with E-state index in [0.29, 0.717) is 20.1 Å². The van der Waals surface area contributed by atoms with Gasteiger partial charge in [0.25, 0.3) is 0 Å². The monoisotopic (exact) mass is 468 g/mol. The van der Waals surface area contributed by atoms with Crippen molar-refractivity contribution in [3.05, 3.63) is 86.8 Å². The summed E-state index contributed by atoms with van der Waals surface area (Å²) in [6.07, 6.45) is 0. The number of aromatic nitrogens is 2. The van der Waals surface area contributed by atoms with Gasteiger partial charge in [0.15, 0.2) is 0 Å². The highest BCUT2D eigenvalue weighted by molar-refractivity contribution is 6.34. The van der Waals surface area contributed by atoms with Crippen molar-refractivity contribution in [3.8, 4) is 5.69 Å². The first-order valence-electron chi connectivity index (χ1n) is 9.30. The fourth-order valence-electron chi connectivity index (χ4n) is 4.32. The smallest absolute Gasteiger partial charge is 0.0718 e. The van der Waals surface area contributed by atoms with E-state index in [9.17, 15) is 0 Å². The highest BCUT2D eigenvalue weighted by atomic mass is 35.5. The molecule has 1 N–H and O–H groups in total. The third-order valence-electron chi connectivity index (χ3n) is 5.54. The molecule has 2 heterocycles. The van der Waals surface area contributed by atoms with Crippen molar-refractivity contribution in [2.45, 2.75) is 0 Å². The Morgan fingerprint density at radius 1 is 0.533 bits per heavy atom. The van der Waals surface area contributed by atoms with Gasteiger partial charge in [-0.05, 0) is 66.7 Å². The predicted octanol–water partition coefficient (Wildman–Crippen LogP) is 9.03. The van der Waals surface area contributed by atoms with E-state index in [0.717, 1.165) is 49.3 Å². The van der Waals surface area contributed by atoms with Crippen LogP contribution in [0.4, 0.5) is 0 Å². The Balaban J connectivity index is 1.83. The van der Waals surface area contributed by atoms with Crippen LogP contribution in [0.1, 0.15) is 0 Å². The minimum absolute atomic E-state index is 0.649. The maximum absolute atomic E-state index is 6.59. The van der Waals surface area contributed by atoms with Crippen molar-refractivity contribution in [1.82, 2.24) is 9.55 Å². The van der Waals surface area contributed by atoms with Gasteiger partial charge in [-0.1, -0.05) is 46.4 Å². The first-order chi connectivity index (χ1) is 14.5. The van der Waals surface area contributed by atoms with E-state index in [-0.39, 0.29) is 0 Å². The molecule has 2 nitrogen and oxygen atoms in total. The fraction of sp³-hybridized carbons (Fsp3) is 0. The molecule has 0 radical (unpaired) electrons. The first kappa shape index (κ1) is 18.4. The minimum Gasteiger partial charge on any atom is -0.353 e. The van der Waals surface area contributed by atoms with E-state index in [1.807, 2.05) is 66.7 Å². The quantitative estimate of drug-likeness (QED) is 0.248. The van der Waals surface area contributed by atoms with Crippen molar-refractivity contribution in [2.24, 2.45) is 0 Å². The van der Waals surface area contributed by atoms with E-state index < -0.39 is 0 Å². The van der Waals surface area contributed by atoms with Crippen molar-refractivity contribution in [1.29, 1.82) is 0 Å². The average molecular weight is 470 g/mol. The highest BCUT2D eigenvalue weighted by Crippen LogP contribution is 2.39. The molecule has 0 aliphatic carbocycles. The second kappa shape index (κ2) is 6.57.